The maximum absolute atomic E-state index is 11.6. The molecule has 3 N–H and O–H groups in total. The van der Waals surface area contributed by atoms with Crippen LogP contribution in [0.5, 0.6) is 0 Å². The first-order valence-electron chi connectivity index (χ1n) is 7.69. The summed E-state index contributed by atoms with van der Waals surface area (Å²) in [6, 6.07) is 0. The van der Waals surface area contributed by atoms with E-state index < -0.39 is 0 Å². The Hall–Kier alpha value is -0.570. The molecule has 0 radical (unpaired) electrons. The van der Waals surface area contributed by atoms with Gasteiger partial charge in [0, 0.05) is 13.0 Å². The molecule has 3 nitrogen and oxygen atoms in total. The summed E-state index contributed by atoms with van der Waals surface area (Å²) in [6.07, 6.45) is 11.9. The van der Waals surface area contributed by atoms with E-state index in [1.54, 1.807) is 0 Å². The molecule has 0 atom stereocenters. The highest BCUT2D eigenvalue weighted by Crippen LogP contribution is 2.43. The van der Waals surface area contributed by atoms with Crippen LogP contribution < -0.4 is 11.1 Å². The summed E-state index contributed by atoms with van der Waals surface area (Å²) in [5.74, 6) is 0.211. The number of rotatable bonds is 11. The first-order chi connectivity index (χ1) is 8.72. The zero-order valence-corrected chi connectivity index (χ0v) is 12.0. The summed E-state index contributed by atoms with van der Waals surface area (Å²) in [6.45, 7) is 3.74. The predicted octanol–water partition coefficient (Wildman–Crippen LogP) is 2.98. The lowest BCUT2D eigenvalue weighted by molar-refractivity contribution is -0.121. The molecule has 1 aliphatic rings. The summed E-state index contributed by atoms with van der Waals surface area (Å²) in [5.41, 5.74) is 5.94. The summed E-state index contributed by atoms with van der Waals surface area (Å²) in [7, 11) is 0. The minimum Gasteiger partial charge on any atom is -0.355 e. The fraction of sp³-hybridized carbons (Fsp3) is 0.933. The number of hydrogen-bond acceptors (Lipinski definition) is 2. The van der Waals surface area contributed by atoms with E-state index in [1.165, 1.54) is 51.4 Å². The van der Waals surface area contributed by atoms with Gasteiger partial charge in [0.1, 0.15) is 0 Å². The number of nitrogens with two attached hydrogens (primary N) is 1. The van der Waals surface area contributed by atoms with Crippen LogP contribution in [0.25, 0.3) is 0 Å². The Labute approximate surface area is 112 Å². The van der Waals surface area contributed by atoms with Crippen molar-refractivity contribution in [3.63, 3.8) is 0 Å². The fourth-order valence-corrected chi connectivity index (χ4v) is 2.25. The molecule has 1 rings (SSSR count). The van der Waals surface area contributed by atoms with Crippen molar-refractivity contribution in [2.45, 2.75) is 71.1 Å². The average Bonchev–Trinajstić information content (AvgIpc) is 3.16. The number of amides is 1. The lowest BCUT2D eigenvalue weighted by atomic mass is 10.1. The number of carbonyl (C=O) groups is 1. The molecular formula is C15H30N2O. The van der Waals surface area contributed by atoms with Crippen molar-refractivity contribution < 1.29 is 4.79 Å². The van der Waals surface area contributed by atoms with Gasteiger partial charge in [0.25, 0.3) is 0 Å². The molecule has 1 amide bonds. The van der Waals surface area contributed by atoms with Gasteiger partial charge in [0.2, 0.25) is 5.91 Å². The largest absolute Gasteiger partial charge is 0.355 e. The molecule has 0 saturated heterocycles. The number of unbranched alkanes of at least 4 members (excludes halogenated alkanes) is 6. The zero-order valence-electron chi connectivity index (χ0n) is 12.0. The van der Waals surface area contributed by atoms with E-state index in [2.05, 4.69) is 12.2 Å². The van der Waals surface area contributed by atoms with Crippen molar-refractivity contribution in [1.82, 2.24) is 5.32 Å². The summed E-state index contributed by atoms with van der Waals surface area (Å²) in [4.78, 5) is 11.6. The molecule has 0 spiro atoms. The number of nitrogens with one attached hydrogen (secondary N) is 1. The van der Waals surface area contributed by atoms with Crippen molar-refractivity contribution in [1.29, 1.82) is 0 Å². The molecular weight excluding hydrogens is 224 g/mol. The van der Waals surface area contributed by atoms with Crippen LogP contribution in [0.1, 0.15) is 71.1 Å². The predicted molar refractivity (Wildman–Crippen MR) is 76.3 cm³/mol. The molecule has 3 heteroatoms. The molecule has 0 aromatic carbocycles. The van der Waals surface area contributed by atoms with Gasteiger partial charge in [-0.25, -0.2) is 0 Å². The van der Waals surface area contributed by atoms with Crippen LogP contribution in [0.2, 0.25) is 0 Å². The summed E-state index contributed by atoms with van der Waals surface area (Å²) < 4.78 is 0. The second-order valence-corrected chi connectivity index (χ2v) is 5.85. The van der Waals surface area contributed by atoms with Gasteiger partial charge < -0.3 is 11.1 Å². The van der Waals surface area contributed by atoms with Gasteiger partial charge >= 0.3 is 0 Å². The minimum atomic E-state index is 0.211. The SMILES string of the molecule is CCCCCCCCCC(=O)NCC1(CN)CC1. The molecule has 0 aromatic heterocycles. The smallest absolute Gasteiger partial charge is 0.220 e. The molecule has 1 fully saturated rings. The Morgan fingerprint density at radius 1 is 1.11 bits per heavy atom. The van der Waals surface area contributed by atoms with Crippen molar-refractivity contribution in [3.05, 3.63) is 0 Å². The lowest BCUT2D eigenvalue weighted by Gasteiger charge is -2.13. The van der Waals surface area contributed by atoms with Crippen LogP contribution in [0.3, 0.4) is 0 Å². The van der Waals surface area contributed by atoms with Crippen LogP contribution in [0, 0.1) is 5.41 Å². The molecule has 0 bridgehead atoms. The van der Waals surface area contributed by atoms with E-state index in [0.29, 0.717) is 13.0 Å². The molecule has 106 valence electrons. The van der Waals surface area contributed by atoms with E-state index in [-0.39, 0.29) is 11.3 Å². The maximum atomic E-state index is 11.6. The Bertz CT molecular complexity index is 237. The van der Waals surface area contributed by atoms with Gasteiger partial charge in [-0.05, 0) is 31.2 Å². The third-order valence-electron chi connectivity index (χ3n) is 4.06. The highest BCUT2D eigenvalue weighted by Gasteiger charge is 2.41. The van der Waals surface area contributed by atoms with E-state index >= 15 is 0 Å². The molecule has 1 aliphatic carbocycles. The van der Waals surface area contributed by atoms with Gasteiger partial charge in [0.05, 0.1) is 0 Å². The highest BCUT2D eigenvalue weighted by molar-refractivity contribution is 5.75. The first-order valence-corrected chi connectivity index (χ1v) is 7.69. The van der Waals surface area contributed by atoms with Crippen molar-refractivity contribution in [2.24, 2.45) is 11.1 Å². The normalized spacial score (nSPS) is 16.6. The Balaban J connectivity index is 1.88. The Morgan fingerprint density at radius 3 is 2.28 bits per heavy atom. The van der Waals surface area contributed by atoms with Crippen LogP contribution >= 0.6 is 0 Å². The van der Waals surface area contributed by atoms with Crippen LogP contribution in [-0.2, 0) is 4.79 Å². The lowest BCUT2D eigenvalue weighted by Crippen LogP contribution is -2.33. The number of carbonyl (C=O) groups excluding carboxylic acids is 1. The summed E-state index contributed by atoms with van der Waals surface area (Å²) in [5, 5.41) is 3.03. The van der Waals surface area contributed by atoms with Gasteiger partial charge in [-0.15, -0.1) is 0 Å². The van der Waals surface area contributed by atoms with Crippen LogP contribution in [0.4, 0.5) is 0 Å². The van der Waals surface area contributed by atoms with Crippen molar-refractivity contribution >= 4 is 5.91 Å². The molecule has 1 saturated carbocycles. The van der Waals surface area contributed by atoms with E-state index in [9.17, 15) is 4.79 Å². The maximum Gasteiger partial charge on any atom is 0.220 e. The van der Waals surface area contributed by atoms with Gasteiger partial charge in [-0.1, -0.05) is 45.4 Å². The fourth-order valence-electron chi connectivity index (χ4n) is 2.25. The molecule has 0 unspecified atom stereocenters. The van der Waals surface area contributed by atoms with Gasteiger partial charge in [-0.3, -0.25) is 4.79 Å². The molecule has 0 aromatic rings. The van der Waals surface area contributed by atoms with Crippen molar-refractivity contribution in [3.8, 4) is 0 Å². The van der Waals surface area contributed by atoms with Crippen LogP contribution in [-0.4, -0.2) is 19.0 Å². The monoisotopic (exact) mass is 254 g/mol. The van der Waals surface area contributed by atoms with Crippen molar-refractivity contribution in [2.75, 3.05) is 13.1 Å². The minimum absolute atomic E-state index is 0.211. The molecule has 18 heavy (non-hydrogen) atoms. The Morgan fingerprint density at radius 2 is 1.72 bits per heavy atom. The summed E-state index contributed by atoms with van der Waals surface area (Å²) >= 11 is 0. The highest BCUT2D eigenvalue weighted by atomic mass is 16.1. The second-order valence-electron chi connectivity index (χ2n) is 5.85. The number of hydrogen-bond donors (Lipinski definition) is 2. The first kappa shape index (κ1) is 15.5. The molecule has 0 heterocycles. The topological polar surface area (TPSA) is 55.1 Å². The Kier molecular flexibility index (Phi) is 7.33. The molecule has 0 aliphatic heterocycles. The second kappa shape index (κ2) is 8.52. The third-order valence-corrected chi connectivity index (χ3v) is 4.06. The van der Waals surface area contributed by atoms with E-state index in [4.69, 9.17) is 5.73 Å². The van der Waals surface area contributed by atoms with Crippen LogP contribution in [0.15, 0.2) is 0 Å². The van der Waals surface area contributed by atoms with Gasteiger partial charge in [-0.2, -0.15) is 0 Å². The zero-order chi connectivity index (χ0) is 13.3. The third kappa shape index (κ3) is 6.39. The van der Waals surface area contributed by atoms with E-state index in [1.807, 2.05) is 0 Å². The quantitative estimate of drug-likeness (QED) is 0.557. The van der Waals surface area contributed by atoms with Gasteiger partial charge in [0.15, 0.2) is 0 Å². The van der Waals surface area contributed by atoms with E-state index in [0.717, 1.165) is 13.0 Å². The standard InChI is InChI=1S/C15H30N2O/c1-2-3-4-5-6-7-8-9-14(18)17-13-15(12-16)10-11-15/h2-13,16H2,1H3,(H,17,18). The average molecular weight is 254 g/mol.